The van der Waals surface area contributed by atoms with Crippen molar-refractivity contribution >= 4 is 11.8 Å². The van der Waals surface area contributed by atoms with Crippen LogP contribution in [0.1, 0.15) is 39.3 Å². The number of amides is 1. The minimum Gasteiger partial charge on any atom is -0.444 e. The maximum absolute atomic E-state index is 13.2. The summed E-state index contributed by atoms with van der Waals surface area (Å²) in [5.41, 5.74) is -0.845. The van der Waals surface area contributed by atoms with Gasteiger partial charge in [-0.25, -0.2) is 4.79 Å². The van der Waals surface area contributed by atoms with Gasteiger partial charge in [0.1, 0.15) is 5.60 Å². The number of hydrogen-bond donors (Lipinski definition) is 1. The number of benzene rings is 1. The summed E-state index contributed by atoms with van der Waals surface area (Å²) in [6.45, 7) is 6.79. The van der Waals surface area contributed by atoms with Gasteiger partial charge in [-0.1, -0.05) is 6.07 Å². The van der Waals surface area contributed by atoms with Gasteiger partial charge in [-0.3, -0.25) is 10.1 Å². The van der Waals surface area contributed by atoms with Crippen LogP contribution in [0.4, 0.5) is 14.9 Å². The normalized spacial score (nSPS) is 12.7. The summed E-state index contributed by atoms with van der Waals surface area (Å²) in [4.78, 5) is 21.4. The second-order valence-corrected chi connectivity index (χ2v) is 5.34. The minimum atomic E-state index is -0.914. The average molecular weight is 284 g/mol. The number of rotatable bonds is 3. The Kier molecular flexibility index (Phi) is 4.65. The number of nitrogens with one attached hydrogen (secondary N) is 1. The Bertz CT molecular complexity index is 526. The zero-order valence-electron chi connectivity index (χ0n) is 11.8. The molecule has 0 aliphatic rings. The lowest BCUT2D eigenvalue weighted by atomic mass is 10.1. The molecule has 0 radical (unpaired) electrons. The van der Waals surface area contributed by atoms with Crippen molar-refractivity contribution in [1.82, 2.24) is 5.32 Å². The fourth-order valence-corrected chi connectivity index (χ4v) is 1.51. The lowest BCUT2D eigenvalue weighted by molar-refractivity contribution is -0.387. The largest absolute Gasteiger partial charge is 0.444 e. The van der Waals surface area contributed by atoms with E-state index in [-0.39, 0.29) is 0 Å². The van der Waals surface area contributed by atoms with Crippen molar-refractivity contribution in [3.63, 3.8) is 0 Å². The Hall–Kier alpha value is -2.18. The number of halogens is 1. The Morgan fingerprint density at radius 3 is 2.55 bits per heavy atom. The van der Waals surface area contributed by atoms with E-state index in [1.165, 1.54) is 6.07 Å². The summed E-state index contributed by atoms with van der Waals surface area (Å²) in [5, 5.41) is 13.2. The number of hydrogen-bond acceptors (Lipinski definition) is 4. The molecule has 0 unspecified atom stereocenters. The van der Waals surface area contributed by atoms with Crippen molar-refractivity contribution in [2.75, 3.05) is 0 Å². The summed E-state index contributed by atoms with van der Waals surface area (Å²) < 4.78 is 18.3. The summed E-state index contributed by atoms with van der Waals surface area (Å²) in [7, 11) is 0. The molecule has 110 valence electrons. The molecule has 0 aliphatic carbocycles. The lowest BCUT2D eigenvalue weighted by Crippen LogP contribution is -2.34. The van der Waals surface area contributed by atoms with Crippen LogP contribution in [0, 0.1) is 15.9 Å². The Morgan fingerprint density at radius 1 is 1.45 bits per heavy atom. The first-order chi connectivity index (χ1) is 9.10. The standard InChI is InChI=1S/C13H17FN2O4/c1-8(15-12(17)20-13(2,3)4)9-5-6-10(14)11(7-9)16(18)19/h5-8H,1-4H3,(H,15,17)/t8-/m0/s1. The summed E-state index contributed by atoms with van der Waals surface area (Å²) in [5.74, 6) is -0.914. The molecule has 0 heterocycles. The highest BCUT2D eigenvalue weighted by Crippen LogP contribution is 2.22. The van der Waals surface area contributed by atoms with E-state index >= 15 is 0 Å². The van der Waals surface area contributed by atoms with Crippen LogP contribution >= 0.6 is 0 Å². The highest BCUT2D eigenvalue weighted by Gasteiger charge is 2.20. The smallest absolute Gasteiger partial charge is 0.408 e. The molecule has 1 aromatic rings. The third-order valence-electron chi connectivity index (χ3n) is 2.40. The monoisotopic (exact) mass is 284 g/mol. The molecule has 7 heteroatoms. The highest BCUT2D eigenvalue weighted by atomic mass is 19.1. The fraction of sp³-hybridized carbons (Fsp3) is 0.462. The Morgan fingerprint density at radius 2 is 2.05 bits per heavy atom. The van der Waals surface area contributed by atoms with Crippen LogP contribution in [0.15, 0.2) is 18.2 Å². The van der Waals surface area contributed by atoms with Crippen LogP contribution in [0.3, 0.4) is 0 Å². The number of nitrogens with zero attached hydrogens (tertiary/aromatic N) is 1. The van der Waals surface area contributed by atoms with E-state index in [9.17, 15) is 19.3 Å². The van der Waals surface area contributed by atoms with E-state index in [1.807, 2.05) is 0 Å². The van der Waals surface area contributed by atoms with Crippen molar-refractivity contribution in [2.24, 2.45) is 0 Å². The molecule has 1 N–H and O–H groups in total. The molecule has 1 atom stereocenters. The van der Waals surface area contributed by atoms with Crippen LogP contribution in [0.5, 0.6) is 0 Å². The zero-order chi connectivity index (χ0) is 15.5. The Labute approximate surface area is 116 Å². The third-order valence-corrected chi connectivity index (χ3v) is 2.40. The maximum Gasteiger partial charge on any atom is 0.408 e. The molecular weight excluding hydrogens is 267 g/mol. The van der Waals surface area contributed by atoms with Crippen LogP contribution < -0.4 is 5.32 Å². The Balaban J connectivity index is 2.83. The summed E-state index contributed by atoms with van der Waals surface area (Å²) in [6.07, 6.45) is -0.642. The first-order valence-electron chi connectivity index (χ1n) is 6.03. The number of nitro groups is 1. The van der Waals surface area contributed by atoms with Crippen molar-refractivity contribution in [2.45, 2.75) is 39.3 Å². The molecule has 6 nitrogen and oxygen atoms in total. The van der Waals surface area contributed by atoms with Gasteiger partial charge in [0.25, 0.3) is 0 Å². The van der Waals surface area contributed by atoms with Gasteiger partial charge in [0.2, 0.25) is 5.82 Å². The molecule has 0 saturated heterocycles. The van der Waals surface area contributed by atoms with Gasteiger partial charge in [0.15, 0.2) is 0 Å². The summed E-state index contributed by atoms with van der Waals surface area (Å²) in [6, 6.07) is 2.94. The number of nitro benzene ring substituents is 1. The quantitative estimate of drug-likeness (QED) is 0.682. The maximum atomic E-state index is 13.2. The van der Waals surface area contributed by atoms with E-state index < -0.39 is 34.2 Å². The van der Waals surface area contributed by atoms with Gasteiger partial charge in [-0.05, 0) is 39.3 Å². The molecule has 0 bridgehead atoms. The SMILES string of the molecule is C[C@H](NC(=O)OC(C)(C)C)c1ccc(F)c([N+](=O)[O-])c1. The van der Waals surface area contributed by atoms with E-state index in [0.29, 0.717) is 5.56 Å². The first kappa shape index (κ1) is 15.9. The molecule has 0 aromatic heterocycles. The van der Waals surface area contributed by atoms with Crippen LogP contribution in [0.2, 0.25) is 0 Å². The topological polar surface area (TPSA) is 81.5 Å². The molecule has 1 rings (SSSR count). The molecule has 1 amide bonds. The lowest BCUT2D eigenvalue weighted by Gasteiger charge is -2.22. The molecule has 1 aromatic carbocycles. The van der Waals surface area contributed by atoms with E-state index in [0.717, 1.165) is 12.1 Å². The van der Waals surface area contributed by atoms with E-state index in [1.54, 1.807) is 27.7 Å². The van der Waals surface area contributed by atoms with E-state index in [2.05, 4.69) is 5.32 Å². The van der Waals surface area contributed by atoms with Gasteiger partial charge in [-0.2, -0.15) is 4.39 Å². The molecule has 0 aliphatic heterocycles. The predicted octanol–water partition coefficient (Wildman–Crippen LogP) is 3.32. The predicted molar refractivity (Wildman–Crippen MR) is 70.8 cm³/mol. The zero-order valence-corrected chi connectivity index (χ0v) is 11.8. The first-order valence-corrected chi connectivity index (χ1v) is 6.03. The number of alkyl carbamates (subject to hydrolysis) is 1. The molecule has 0 spiro atoms. The fourth-order valence-electron chi connectivity index (χ4n) is 1.51. The van der Waals surface area contributed by atoms with Gasteiger partial charge in [0, 0.05) is 6.07 Å². The molecular formula is C13H17FN2O4. The van der Waals surface area contributed by atoms with Gasteiger partial charge in [0.05, 0.1) is 11.0 Å². The number of carbonyl (C=O) groups excluding carboxylic acids is 1. The van der Waals surface area contributed by atoms with Crippen molar-refractivity contribution in [3.05, 3.63) is 39.7 Å². The minimum absolute atomic E-state index is 0.420. The van der Waals surface area contributed by atoms with Gasteiger partial charge < -0.3 is 10.1 Å². The van der Waals surface area contributed by atoms with E-state index in [4.69, 9.17) is 4.74 Å². The van der Waals surface area contributed by atoms with Gasteiger partial charge >= 0.3 is 11.8 Å². The summed E-state index contributed by atoms with van der Waals surface area (Å²) >= 11 is 0. The molecule has 20 heavy (non-hydrogen) atoms. The second-order valence-electron chi connectivity index (χ2n) is 5.34. The third kappa shape index (κ3) is 4.49. The number of ether oxygens (including phenoxy) is 1. The average Bonchev–Trinajstić information content (AvgIpc) is 2.26. The van der Waals surface area contributed by atoms with Crippen LogP contribution in [-0.4, -0.2) is 16.6 Å². The second kappa shape index (κ2) is 5.85. The van der Waals surface area contributed by atoms with Crippen LogP contribution in [-0.2, 0) is 4.74 Å². The van der Waals surface area contributed by atoms with Crippen LogP contribution in [0.25, 0.3) is 0 Å². The number of carbonyl (C=O) groups is 1. The molecule has 0 fully saturated rings. The van der Waals surface area contributed by atoms with Gasteiger partial charge in [-0.15, -0.1) is 0 Å². The van der Waals surface area contributed by atoms with Crippen molar-refractivity contribution in [1.29, 1.82) is 0 Å². The highest BCUT2D eigenvalue weighted by molar-refractivity contribution is 5.68. The van der Waals surface area contributed by atoms with Crippen molar-refractivity contribution in [3.8, 4) is 0 Å². The molecule has 0 saturated carbocycles. The van der Waals surface area contributed by atoms with Crippen molar-refractivity contribution < 1.29 is 18.8 Å².